The third-order valence-electron chi connectivity index (χ3n) is 5.10. The van der Waals surface area contributed by atoms with Crippen LogP contribution in [0.2, 0.25) is 0 Å². The molecule has 0 saturated heterocycles. The van der Waals surface area contributed by atoms with E-state index in [-0.39, 0.29) is 5.92 Å². The summed E-state index contributed by atoms with van der Waals surface area (Å²) >= 11 is 2.44. The number of unbranched alkanes of at least 4 members (excludes halogenated alkanes) is 7. The Morgan fingerprint density at radius 1 is 1.04 bits per heavy atom. The molecule has 138 valence electrons. The zero-order valence-corrected chi connectivity index (χ0v) is 17.0. The quantitative estimate of drug-likeness (QED) is 0.155. The maximum absolute atomic E-state index is 12.1. The molecule has 4 heteroatoms. The van der Waals surface area contributed by atoms with Crippen LogP contribution in [0.1, 0.15) is 83.5 Å². The van der Waals surface area contributed by atoms with E-state index in [4.69, 9.17) is 5.11 Å². The molecule has 1 aliphatic carbocycles. The molecular formula is C20H33IO3. The van der Waals surface area contributed by atoms with E-state index in [1.807, 2.05) is 0 Å². The lowest BCUT2D eigenvalue weighted by atomic mass is 9.86. The van der Waals surface area contributed by atoms with Crippen LogP contribution in [0.15, 0.2) is 12.2 Å². The first-order valence-corrected chi connectivity index (χ1v) is 11.2. The highest BCUT2D eigenvalue weighted by molar-refractivity contribution is 14.1. The van der Waals surface area contributed by atoms with Crippen molar-refractivity contribution >= 4 is 34.3 Å². The first-order chi connectivity index (χ1) is 11.6. The number of allylic oxidation sites excluding steroid dienone is 1. The predicted octanol–water partition coefficient (Wildman–Crippen LogP) is 5.95. The minimum absolute atomic E-state index is 0.285. The molecule has 1 N–H and O–H groups in total. The van der Waals surface area contributed by atoms with Crippen LogP contribution in [0.3, 0.4) is 0 Å². The van der Waals surface area contributed by atoms with E-state index < -0.39 is 5.97 Å². The first kappa shape index (κ1) is 21.7. The van der Waals surface area contributed by atoms with E-state index in [1.54, 1.807) is 6.08 Å². The van der Waals surface area contributed by atoms with Crippen molar-refractivity contribution in [1.29, 1.82) is 0 Å². The molecule has 2 atom stereocenters. The summed E-state index contributed by atoms with van der Waals surface area (Å²) in [4.78, 5) is 22.5. The maximum Gasteiger partial charge on any atom is 0.327 e. The van der Waals surface area contributed by atoms with Gasteiger partial charge >= 0.3 is 5.97 Å². The van der Waals surface area contributed by atoms with Crippen molar-refractivity contribution in [3.8, 4) is 0 Å². The van der Waals surface area contributed by atoms with Crippen LogP contribution in [0, 0.1) is 11.8 Å². The lowest BCUT2D eigenvalue weighted by Gasteiger charge is -2.18. The van der Waals surface area contributed by atoms with Gasteiger partial charge in [0.2, 0.25) is 0 Å². The fraction of sp³-hybridized carbons (Fsp3) is 0.800. The number of carbonyl (C=O) groups is 2. The molecule has 0 unspecified atom stereocenters. The third kappa shape index (κ3) is 9.80. The molecule has 0 aromatic heterocycles. The number of Topliss-reactive ketones (excluding diaryl/α,β-unsaturated/α-hetero) is 1. The summed E-state index contributed by atoms with van der Waals surface area (Å²) in [6.45, 7) is 0. The Labute approximate surface area is 160 Å². The van der Waals surface area contributed by atoms with Crippen LogP contribution < -0.4 is 0 Å². The van der Waals surface area contributed by atoms with Gasteiger partial charge in [-0.05, 0) is 48.9 Å². The number of hydrogen-bond acceptors (Lipinski definition) is 2. The highest BCUT2D eigenvalue weighted by Crippen LogP contribution is 2.36. The monoisotopic (exact) mass is 448 g/mol. The lowest BCUT2D eigenvalue weighted by molar-refractivity contribution is -0.131. The van der Waals surface area contributed by atoms with Crippen molar-refractivity contribution in [2.75, 3.05) is 4.43 Å². The molecule has 0 bridgehead atoms. The summed E-state index contributed by atoms with van der Waals surface area (Å²) in [7, 11) is 0. The fourth-order valence-corrected chi connectivity index (χ4v) is 4.28. The molecule has 0 aliphatic heterocycles. The number of aliphatic carboxylic acids is 1. The summed E-state index contributed by atoms with van der Waals surface area (Å²) in [6.07, 6.45) is 17.9. The summed E-state index contributed by atoms with van der Waals surface area (Å²) in [5, 5.41) is 8.54. The number of carboxylic acids is 1. The normalized spacial score (nSPS) is 21.0. The third-order valence-corrected chi connectivity index (χ3v) is 5.86. The summed E-state index contributed by atoms with van der Waals surface area (Å²) in [5.74, 6) is 0.493. The number of ketones is 1. The van der Waals surface area contributed by atoms with Crippen molar-refractivity contribution in [3.05, 3.63) is 12.2 Å². The van der Waals surface area contributed by atoms with Crippen molar-refractivity contribution in [2.24, 2.45) is 11.8 Å². The highest BCUT2D eigenvalue weighted by atomic mass is 127. The maximum atomic E-state index is 12.1. The molecule has 1 fully saturated rings. The van der Waals surface area contributed by atoms with Gasteiger partial charge in [0.15, 0.2) is 0 Å². The average Bonchev–Trinajstić information content (AvgIpc) is 2.90. The molecule has 3 nitrogen and oxygen atoms in total. The van der Waals surface area contributed by atoms with Gasteiger partial charge in [-0.2, -0.15) is 0 Å². The molecule has 0 amide bonds. The summed E-state index contributed by atoms with van der Waals surface area (Å²) in [5.41, 5.74) is 0. The number of alkyl halides is 1. The van der Waals surface area contributed by atoms with Gasteiger partial charge in [-0.1, -0.05) is 67.2 Å². The second kappa shape index (κ2) is 13.9. The minimum atomic E-state index is -0.879. The van der Waals surface area contributed by atoms with E-state index >= 15 is 0 Å². The summed E-state index contributed by atoms with van der Waals surface area (Å²) < 4.78 is 1.27. The Kier molecular flexibility index (Phi) is 12.5. The molecule has 1 aliphatic rings. The SMILES string of the molecule is O=C(O)C=CCCCC[C@H]1C(=O)CC[C@@H]1CCCCCCCCI. The Bertz CT molecular complexity index is 392. The van der Waals surface area contributed by atoms with Crippen LogP contribution >= 0.6 is 22.6 Å². The Morgan fingerprint density at radius 2 is 1.71 bits per heavy atom. The number of halogens is 1. The van der Waals surface area contributed by atoms with Crippen LogP contribution in [0.5, 0.6) is 0 Å². The van der Waals surface area contributed by atoms with Crippen molar-refractivity contribution < 1.29 is 14.7 Å². The predicted molar refractivity (Wildman–Crippen MR) is 108 cm³/mol. The molecule has 0 spiro atoms. The Morgan fingerprint density at radius 3 is 2.42 bits per heavy atom. The van der Waals surface area contributed by atoms with Crippen molar-refractivity contribution in [1.82, 2.24) is 0 Å². The van der Waals surface area contributed by atoms with Gasteiger partial charge in [-0.15, -0.1) is 0 Å². The zero-order chi connectivity index (χ0) is 17.6. The fourth-order valence-electron chi connectivity index (χ4n) is 3.74. The second-order valence-corrected chi connectivity index (χ2v) is 8.07. The molecule has 0 aromatic rings. The number of carbonyl (C=O) groups excluding carboxylic acids is 1. The van der Waals surface area contributed by atoms with Crippen molar-refractivity contribution in [2.45, 2.75) is 83.5 Å². The van der Waals surface area contributed by atoms with Gasteiger partial charge in [0.1, 0.15) is 5.78 Å². The van der Waals surface area contributed by atoms with Gasteiger partial charge in [0, 0.05) is 18.4 Å². The van der Waals surface area contributed by atoms with E-state index in [0.717, 1.165) is 38.5 Å². The lowest BCUT2D eigenvalue weighted by Crippen LogP contribution is -2.14. The molecular weight excluding hydrogens is 415 g/mol. The van der Waals surface area contributed by atoms with E-state index in [9.17, 15) is 9.59 Å². The van der Waals surface area contributed by atoms with E-state index in [2.05, 4.69) is 22.6 Å². The van der Waals surface area contributed by atoms with Crippen LogP contribution in [-0.4, -0.2) is 21.3 Å². The zero-order valence-electron chi connectivity index (χ0n) is 14.9. The van der Waals surface area contributed by atoms with Gasteiger partial charge < -0.3 is 5.11 Å². The topological polar surface area (TPSA) is 54.4 Å². The van der Waals surface area contributed by atoms with Gasteiger partial charge in [0.25, 0.3) is 0 Å². The largest absolute Gasteiger partial charge is 0.478 e. The van der Waals surface area contributed by atoms with E-state index in [0.29, 0.717) is 11.7 Å². The number of carboxylic acid groups (broad SMARTS) is 1. The van der Waals surface area contributed by atoms with Gasteiger partial charge in [0.05, 0.1) is 0 Å². The molecule has 0 heterocycles. The van der Waals surface area contributed by atoms with Crippen LogP contribution in [0.25, 0.3) is 0 Å². The first-order valence-electron chi connectivity index (χ1n) is 9.63. The number of hydrogen-bond donors (Lipinski definition) is 1. The second-order valence-electron chi connectivity index (χ2n) is 7.00. The minimum Gasteiger partial charge on any atom is -0.478 e. The van der Waals surface area contributed by atoms with Crippen LogP contribution in [0.4, 0.5) is 0 Å². The Balaban J connectivity index is 2.13. The van der Waals surface area contributed by atoms with Crippen LogP contribution in [-0.2, 0) is 9.59 Å². The molecule has 0 radical (unpaired) electrons. The Hall–Kier alpha value is -0.390. The molecule has 1 rings (SSSR count). The standard InChI is InChI=1S/C20H33IO3/c21-16-10-6-2-1-3-7-11-17-14-15-19(22)18(17)12-8-4-5-9-13-20(23)24/h9,13,17-18H,1-8,10-12,14-16H2,(H,23,24)/t17-,18+/m0/s1. The van der Waals surface area contributed by atoms with E-state index in [1.165, 1.54) is 55.4 Å². The van der Waals surface area contributed by atoms with Gasteiger partial charge in [-0.3, -0.25) is 4.79 Å². The smallest absolute Gasteiger partial charge is 0.327 e. The average molecular weight is 448 g/mol. The summed E-state index contributed by atoms with van der Waals surface area (Å²) in [6, 6.07) is 0. The van der Waals surface area contributed by atoms with Gasteiger partial charge in [-0.25, -0.2) is 4.79 Å². The highest BCUT2D eigenvalue weighted by Gasteiger charge is 2.33. The molecule has 0 aromatic carbocycles. The molecule has 24 heavy (non-hydrogen) atoms. The molecule has 1 saturated carbocycles. The van der Waals surface area contributed by atoms with Crippen molar-refractivity contribution in [3.63, 3.8) is 0 Å². The number of rotatable bonds is 14.